The quantitative estimate of drug-likeness (QED) is 0.296. The van der Waals surface area contributed by atoms with E-state index in [0.717, 1.165) is 68.4 Å². The summed E-state index contributed by atoms with van der Waals surface area (Å²) < 4.78 is 6.43. The number of ketones is 1. The van der Waals surface area contributed by atoms with Gasteiger partial charge < -0.3 is 4.74 Å². The molecule has 2 fully saturated rings. The van der Waals surface area contributed by atoms with E-state index >= 15 is 0 Å². The summed E-state index contributed by atoms with van der Waals surface area (Å²) in [5.74, 6) is 2.89. The van der Waals surface area contributed by atoms with Crippen LogP contribution >= 0.6 is 0 Å². The number of ether oxygens (including phenoxy) is 1. The van der Waals surface area contributed by atoms with Crippen molar-refractivity contribution in [2.45, 2.75) is 97.5 Å². The Kier molecular flexibility index (Phi) is 10.2. The van der Waals surface area contributed by atoms with Gasteiger partial charge in [-0.25, -0.2) is 0 Å². The summed E-state index contributed by atoms with van der Waals surface area (Å²) >= 11 is 0. The molecule has 0 saturated heterocycles. The number of carbonyl (C=O) groups excluding carboxylic acids is 2. The van der Waals surface area contributed by atoms with Crippen molar-refractivity contribution in [1.82, 2.24) is 0 Å². The Bertz CT molecular complexity index is 912. The number of rotatable bonds is 10. The van der Waals surface area contributed by atoms with Gasteiger partial charge in [-0.2, -0.15) is 0 Å². The van der Waals surface area contributed by atoms with Crippen LogP contribution in [0.15, 0.2) is 60.7 Å². The Morgan fingerprint density at radius 3 is 1.58 bits per heavy atom. The van der Waals surface area contributed by atoms with Crippen molar-refractivity contribution >= 4 is 11.8 Å². The van der Waals surface area contributed by atoms with Gasteiger partial charge in [0.2, 0.25) is 0 Å². The predicted molar refractivity (Wildman–Crippen MR) is 155 cm³/mol. The Balaban J connectivity index is 1.55. The Labute approximate surface area is 230 Å². The van der Waals surface area contributed by atoms with Crippen LogP contribution in [0.3, 0.4) is 0 Å². The maximum absolute atomic E-state index is 13.7. The molecule has 0 aromatic heterocycles. The molecule has 2 aromatic rings. The molecule has 0 bridgehead atoms. The van der Waals surface area contributed by atoms with Gasteiger partial charge in [0.1, 0.15) is 11.9 Å². The average Bonchev–Trinajstić information content (AvgIpc) is 2.95. The first kappa shape index (κ1) is 28.6. The van der Waals surface area contributed by atoms with Gasteiger partial charge in [-0.3, -0.25) is 9.59 Å². The van der Waals surface area contributed by atoms with Crippen molar-refractivity contribution in [2.75, 3.05) is 0 Å². The Morgan fingerprint density at radius 2 is 1.11 bits per heavy atom. The summed E-state index contributed by atoms with van der Waals surface area (Å²) in [5.41, 5.74) is 2.05. The Hall–Kier alpha value is -2.42. The zero-order valence-corrected chi connectivity index (χ0v) is 24.0. The average molecular weight is 517 g/mol. The molecule has 2 aliphatic carbocycles. The molecule has 0 heterocycles. The van der Waals surface area contributed by atoms with Crippen molar-refractivity contribution in [3.05, 3.63) is 71.8 Å². The van der Waals surface area contributed by atoms with Crippen LogP contribution < -0.4 is 0 Å². The van der Waals surface area contributed by atoms with Crippen LogP contribution in [-0.4, -0.2) is 11.8 Å². The predicted octanol–water partition coefficient (Wildman–Crippen LogP) is 8.94. The number of carbonyl (C=O) groups is 2. The smallest absolute Gasteiger partial charge is 0.309 e. The number of esters is 1. The third kappa shape index (κ3) is 7.36. The second-order valence-corrected chi connectivity index (χ2v) is 12.7. The van der Waals surface area contributed by atoms with Crippen LogP contribution in [0.25, 0.3) is 0 Å². The van der Waals surface area contributed by atoms with E-state index in [0.29, 0.717) is 30.0 Å². The molecule has 2 aromatic carbocycles. The van der Waals surface area contributed by atoms with Gasteiger partial charge >= 0.3 is 5.97 Å². The first-order valence-corrected chi connectivity index (χ1v) is 15.2. The molecule has 3 heteroatoms. The van der Waals surface area contributed by atoms with E-state index in [1.54, 1.807) is 0 Å². The minimum atomic E-state index is -0.468. The lowest BCUT2D eigenvalue weighted by Gasteiger charge is -2.34. The highest BCUT2D eigenvalue weighted by Gasteiger charge is 2.36. The molecule has 38 heavy (non-hydrogen) atoms. The van der Waals surface area contributed by atoms with Crippen LogP contribution in [0.2, 0.25) is 0 Å². The SMILES string of the molecule is CC(C)C1CCC(C(=O)C[C@H](c2ccccc2)[C@H](OC(=O)C2CCC(C(C)C)CC2)c2ccccc2)CC1. The molecular formula is C35H48O3. The lowest BCUT2D eigenvalue weighted by Crippen LogP contribution is -2.30. The van der Waals surface area contributed by atoms with E-state index in [2.05, 4.69) is 39.8 Å². The molecule has 0 radical (unpaired) electrons. The third-order valence-corrected chi connectivity index (χ3v) is 9.60. The second-order valence-electron chi connectivity index (χ2n) is 12.7. The minimum Gasteiger partial charge on any atom is -0.457 e. The maximum Gasteiger partial charge on any atom is 0.309 e. The fraction of sp³-hybridized carbons (Fsp3) is 0.600. The Morgan fingerprint density at radius 1 is 0.658 bits per heavy atom. The molecule has 2 saturated carbocycles. The van der Waals surface area contributed by atoms with E-state index < -0.39 is 6.10 Å². The number of benzene rings is 2. The van der Waals surface area contributed by atoms with Crippen LogP contribution in [0, 0.1) is 35.5 Å². The number of Topliss-reactive ketones (excluding diaryl/α,β-unsaturated/α-hetero) is 1. The summed E-state index contributed by atoms with van der Waals surface area (Å²) in [6.45, 7) is 9.16. The topological polar surface area (TPSA) is 43.4 Å². The van der Waals surface area contributed by atoms with Crippen LogP contribution in [-0.2, 0) is 14.3 Å². The molecule has 3 nitrogen and oxygen atoms in total. The largest absolute Gasteiger partial charge is 0.457 e. The fourth-order valence-electron chi connectivity index (χ4n) is 6.86. The molecule has 0 N–H and O–H groups in total. The summed E-state index contributed by atoms with van der Waals surface area (Å²) in [5, 5.41) is 0. The van der Waals surface area contributed by atoms with Gasteiger partial charge in [-0.15, -0.1) is 0 Å². The second kappa shape index (κ2) is 13.6. The van der Waals surface area contributed by atoms with Crippen molar-refractivity contribution in [3.8, 4) is 0 Å². The number of hydrogen-bond acceptors (Lipinski definition) is 3. The van der Waals surface area contributed by atoms with E-state index in [9.17, 15) is 9.59 Å². The zero-order valence-electron chi connectivity index (χ0n) is 24.0. The van der Waals surface area contributed by atoms with Crippen molar-refractivity contribution < 1.29 is 14.3 Å². The van der Waals surface area contributed by atoms with Gasteiger partial charge in [0.05, 0.1) is 5.92 Å². The van der Waals surface area contributed by atoms with E-state index in [1.807, 2.05) is 48.5 Å². The standard InChI is InChI=1S/C35H48O3/c1-24(2)26-15-19-29(20-16-26)33(36)23-32(28-11-7-5-8-12-28)34(30-13-9-6-10-14-30)38-35(37)31-21-17-27(18-22-31)25(3)4/h5-14,24-27,29,31-32,34H,15-23H2,1-4H3/t26?,27?,29?,31?,32-,34-/m1/s1. The third-order valence-electron chi connectivity index (χ3n) is 9.60. The summed E-state index contributed by atoms with van der Waals surface area (Å²) in [7, 11) is 0. The summed E-state index contributed by atoms with van der Waals surface area (Å²) in [6.07, 6.45) is 8.17. The van der Waals surface area contributed by atoms with Gasteiger partial charge in [-0.1, -0.05) is 88.4 Å². The van der Waals surface area contributed by atoms with E-state index in [4.69, 9.17) is 4.74 Å². The molecular weight excluding hydrogens is 468 g/mol. The normalized spacial score (nSPS) is 25.6. The highest BCUT2D eigenvalue weighted by Crippen LogP contribution is 2.42. The van der Waals surface area contributed by atoms with Gasteiger partial charge in [0.25, 0.3) is 0 Å². The highest BCUT2D eigenvalue weighted by atomic mass is 16.5. The zero-order chi connectivity index (χ0) is 27.1. The monoisotopic (exact) mass is 516 g/mol. The fourth-order valence-corrected chi connectivity index (χ4v) is 6.86. The van der Waals surface area contributed by atoms with Gasteiger partial charge in [0, 0.05) is 18.3 Å². The molecule has 0 spiro atoms. The van der Waals surface area contributed by atoms with Crippen LogP contribution in [0.5, 0.6) is 0 Å². The molecule has 0 aliphatic heterocycles. The molecule has 4 rings (SSSR count). The maximum atomic E-state index is 13.7. The van der Waals surface area contributed by atoms with Crippen molar-refractivity contribution in [2.24, 2.45) is 35.5 Å². The lowest BCUT2D eigenvalue weighted by molar-refractivity contribution is -0.158. The van der Waals surface area contributed by atoms with Gasteiger partial charge in [0.15, 0.2) is 0 Å². The van der Waals surface area contributed by atoms with E-state index in [-0.39, 0.29) is 23.7 Å². The highest BCUT2D eigenvalue weighted by molar-refractivity contribution is 5.82. The molecule has 0 amide bonds. The molecule has 2 aliphatic rings. The van der Waals surface area contributed by atoms with Crippen LogP contribution in [0.1, 0.15) is 109 Å². The molecule has 206 valence electrons. The van der Waals surface area contributed by atoms with Crippen LogP contribution in [0.4, 0.5) is 0 Å². The molecule has 2 atom stereocenters. The lowest BCUT2D eigenvalue weighted by atomic mass is 9.73. The minimum absolute atomic E-state index is 0.0466. The summed E-state index contributed by atoms with van der Waals surface area (Å²) in [6, 6.07) is 20.3. The first-order valence-electron chi connectivity index (χ1n) is 15.2. The van der Waals surface area contributed by atoms with Crippen molar-refractivity contribution in [3.63, 3.8) is 0 Å². The van der Waals surface area contributed by atoms with E-state index in [1.165, 1.54) is 0 Å². The first-order chi connectivity index (χ1) is 18.3. The van der Waals surface area contributed by atoms with Gasteiger partial charge in [-0.05, 0) is 86.2 Å². The van der Waals surface area contributed by atoms with Crippen molar-refractivity contribution in [1.29, 1.82) is 0 Å². The molecule has 0 unspecified atom stereocenters. The summed E-state index contributed by atoms with van der Waals surface area (Å²) in [4.78, 5) is 27.3. The number of hydrogen-bond donors (Lipinski definition) is 0.